The monoisotopic (exact) mass is 425 g/mol. The van der Waals surface area contributed by atoms with Crippen molar-refractivity contribution in [2.24, 2.45) is 0 Å². The zero-order chi connectivity index (χ0) is 22.7. The van der Waals surface area contributed by atoms with Gasteiger partial charge >= 0.3 is 0 Å². The van der Waals surface area contributed by atoms with Gasteiger partial charge in [0.15, 0.2) is 5.78 Å². The number of nitrogens with zero attached hydrogens (tertiary/aromatic N) is 2. The van der Waals surface area contributed by atoms with Gasteiger partial charge < -0.3 is 9.55 Å². The summed E-state index contributed by atoms with van der Waals surface area (Å²) in [5.41, 5.74) is 0.830. The van der Waals surface area contributed by atoms with Gasteiger partial charge in [-0.05, 0) is 47.5 Å². The maximum Gasteiger partial charge on any atom is 0.260 e. The van der Waals surface area contributed by atoms with Crippen molar-refractivity contribution in [2.45, 2.75) is 6.54 Å². The van der Waals surface area contributed by atoms with Gasteiger partial charge in [-0.3, -0.25) is 14.4 Å². The molecule has 0 saturated heterocycles. The van der Waals surface area contributed by atoms with Crippen molar-refractivity contribution in [3.63, 3.8) is 0 Å². The first-order chi connectivity index (χ1) is 15.5. The average Bonchev–Trinajstić information content (AvgIpc) is 2.79. The molecule has 0 aliphatic heterocycles. The highest BCUT2D eigenvalue weighted by Crippen LogP contribution is 2.30. The standard InChI is InChI=1S/C25H16FN3O3/c26-18-8-9-20-19(14-18)23(17-4-2-1-3-5-17)24(25(32)28-20)21(30)10-6-16-7-11-22(31)29(15-16)13-12-27/h1-11,14-15H,13H2,(H,28,32)/b10-6+. The summed E-state index contributed by atoms with van der Waals surface area (Å²) in [6, 6.07) is 17.5. The van der Waals surface area contributed by atoms with Gasteiger partial charge in [-0.2, -0.15) is 5.26 Å². The van der Waals surface area contributed by atoms with Crippen LogP contribution in [0.5, 0.6) is 0 Å². The summed E-state index contributed by atoms with van der Waals surface area (Å²) in [7, 11) is 0. The van der Waals surface area contributed by atoms with Crippen molar-refractivity contribution in [2.75, 3.05) is 0 Å². The first kappa shape index (κ1) is 20.7. The van der Waals surface area contributed by atoms with E-state index >= 15 is 0 Å². The molecule has 0 spiro atoms. The lowest BCUT2D eigenvalue weighted by Crippen LogP contribution is -2.19. The van der Waals surface area contributed by atoms with Crippen LogP contribution in [0.2, 0.25) is 0 Å². The Labute approximate surface area is 181 Å². The molecule has 0 aliphatic rings. The Morgan fingerprint density at radius 3 is 2.62 bits per heavy atom. The first-order valence-corrected chi connectivity index (χ1v) is 9.69. The van der Waals surface area contributed by atoms with Crippen molar-refractivity contribution in [1.82, 2.24) is 9.55 Å². The molecule has 1 N–H and O–H groups in total. The van der Waals surface area contributed by atoms with E-state index < -0.39 is 17.2 Å². The Kier molecular flexibility index (Phi) is 5.60. The Hall–Kier alpha value is -4.57. The molecule has 7 heteroatoms. The van der Waals surface area contributed by atoms with Gasteiger partial charge in [0.25, 0.3) is 11.1 Å². The van der Waals surface area contributed by atoms with E-state index in [-0.39, 0.29) is 17.7 Å². The van der Waals surface area contributed by atoms with Gasteiger partial charge in [0.05, 0.1) is 11.6 Å². The number of fused-ring (bicyclic) bond motifs is 1. The highest BCUT2D eigenvalue weighted by atomic mass is 19.1. The lowest BCUT2D eigenvalue weighted by molar-refractivity contribution is 0.104. The second kappa shape index (κ2) is 8.66. The fourth-order valence-corrected chi connectivity index (χ4v) is 3.51. The Morgan fingerprint density at radius 2 is 1.88 bits per heavy atom. The van der Waals surface area contributed by atoms with E-state index in [1.165, 1.54) is 53.2 Å². The van der Waals surface area contributed by atoms with Crippen molar-refractivity contribution in [1.29, 1.82) is 5.26 Å². The summed E-state index contributed by atoms with van der Waals surface area (Å²) >= 11 is 0. The minimum absolute atomic E-state index is 0.115. The topological polar surface area (TPSA) is 95.7 Å². The predicted octanol–water partition coefficient (Wildman–Crippen LogP) is 3.92. The summed E-state index contributed by atoms with van der Waals surface area (Å²) < 4.78 is 15.2. The van der Waals surface area contributed by atoms with Gasteiger partial charge in [-0.15, -0.1) is 0 Å². The number of nitriles is 1. The molecule has 32 heavy (non-hydrogen) atoms. The molecule has 0 radical (unpaired) electrons. The zero-order valence-electron chi connectivity index (χ0n) is 16.7. The largest absolute Gasteiger partial charge is 0.321 e. The molecule has 6 nitrogen and oxygen atoms in total. The molecule has 2 heterocycles. The SMILES string of the molecule is N#CCn1cc(/C=C/C(=O)c2c(-c3ccccc3)c3cc(F)ccc3[nH]c2=O)ccc1=O. The molecule has 0 unspecified atom stereocenters. The Bertz CT molecular complexity index is 1530. The maximum atomic E-state index is 14.0. The summed E-state index contributed by atoms with van der Waals surface area (Å²) in [5, 5.41) is 9.24. The summed E-state index contributed by atoms with van der Waals surface area (Å²) in [6.45, 7) is -0.122. The van der Waals surface area contributed by atoms with Crippen molar-refractivity contribution >= 4 is 22.8 Å². The number of carbonyl (C=O) groups is 1. The van der Waals surface area contributed by atoms with Gasteiger partial charge in [-0.25, -0.2) is 4.39 Å². The van der Waals surface area contributed by atoms with E-state index in [2.05, 4.69) is 4.98 Å². The third-order valence-corrected chi connectivity index (χ3v) is 4.96. The number of aromatic amines is 1. The van der Waals surface area contributed by atoms with Gasteiger partial charge in [-0.1, -0.05) is 30.3 Å². The smallest absolute Gasteiger partial charge is 0.260 e. The van der Waals surface area contributed by atoms with Gasteiger partial charge in [0.2, 0.25) is 0 Å². The summed E-state index contributed by atoms with van der Waals surface area (Å²) in [5.74, 6) is -1.07. The molecule has 2 aromatic carbocycles. The molecule has 156 valence electrons. The number of halogens is 1. The molecule has 0 fully saturated rings. The Balaban J connectivity index is 1.86. The van der Waals surface area contributed by atoms with E-state index in [4.69, 9.17) is 5.26 Å². The third-order valence-electron chi connectivity index (χ3n) is 4.96. The van der Waals surface area contributed by atoms with E-state index in [9.17, 15) is 18.8 Å². The molecule has 0 atom stereocenters. The number of hydrogen-bond acceptors (Lipinski definition) is 4. The van der Waals surface area contributed by atoms with Gasteiger partial charge in [0, 0.05) is 28.7 Å². The Morgan fingerprint density at radius 1 is 1.09 bits per heavy atom. The predicted molar refractivity (Wildman–Crippen MR) is 120 cm³/mol. The van der Waals surface area contributed by atoms with Crippen LogP contribution in [0, 0.1) is 17.1 Å². The highest BCUT2D eigenvalue weighted by Gasteiger charge is 2.19. The van der Waals surface area contributed by atoms with Crippen LogP contribution in [0.4, 0.5) is 4.39 Å². The fourth-order valence-electron chi connectivity index (χ4n) is 3.51. The van der Waals surface area contributed by atoms with Crippen LogP contribution >= 0.6 is 0 Å². The number of benzene rings is 2. The molecule has 2 aromatic heterocycles. The minimum atomic E-state index is -0.591. The highest BCUT2D eigenvalue weighted by molar-refractivity contribution is 6.15. The lowest BCUT2D eigenvalue weighted by atomic mass is 9.94. The number of allylic oxidation sites excluding steroid dienone is 1. The number of carbonyl (C=O) groups excluding carboxylic acids is 1. The second-order valence-corrected chi connectivity index (χ2v) is 7.04. The molecule has 0 amide bonds. The minimum Gasteiger partial charge on any atom is -0.321 e. The fraction of sp³-hybridized carbons (Fsp3) is 0.0400. The van der Waals surface area contributed by atoms with E-state index in [0.717, 1.165) is 0 Å². The van der Waals surface area contributed by atoms with Gasteiger partial charge in [0.1, 0.15) is 12.4 Å². The molecule has 0 bridgehead atoms. The van der Waals surface area contributed by atoms with Crippen LogP contribution in [-0.2, 0) is 6.54 Å². The molecular weight excluding hydrogens is 409 g/mol. The zero-order valence-corrected chi connectivity index (χ0v) is 16.7. The molecular formula is C25H16FN3O3. The van der Waals surface area contributed by atoms with E-state index in [1.54, 1.807) is 30.3 Å². The normalized spacial score (nSPS) is 11.0. The molecule has 4 aromatic rings. The average molecular weight is 425 g/mol. The van der Waals surface area contributed by atoms with Crippen LogP contribution in [-0.4, -0.2) is 15.3 Å². The summed E-state index contributed by atoms with van der Waals surface area (Å²) in [6.07, 6.45) is 4.13. The van der Waals surface area contributed by atoms with Crippen molar-refractivity contribution < 1.29 is 9.18 Å². The lowest BCUT2D eigenvalue weighted by Gasteiger charge is -2.11. The van der Waals surface area contributed by atoms with Crippen molar-refractivity contribution in [3.8, 4) is 17.2 Å². The van der Waals surface area contributed by atoms with Crippen LogP contribution in [0.25, 0.3) is 28.1 Å². The van der Waals surface area contributed by atoms with Crippen LogP contribution in [0.3, 0.4) is 0 Å². The van der Waals surface area contributed by atoms with Crippen LogP contribution in [0.1, 0.15) is 15.9 Å². The van der Waals surface area contributed by atoms with E-state index in [1.807, 2.05) is 6.07 Å². The molecule has 0 saturated carbocycles. The number of nitrogens with one attached hydrogen (secondary N) is 1. The number of pyridine rings is 2. The third kappa shape index (κ3) is 4.02. The molecule has 4 rings (SSSR count). The summed E-state index contributed by atoms with van der Waals surface area (Å²) in [4.78, 5) is 40.4. The molecule has 0 aliphatic carbocycles. The van der Waals surface area contributed by atoms with Crippen LogP contribution in [0.15, 0.2) is 82.5 Å². The van der Waals surface area contributed by atoms with Crippen molar-refractivity contribution in [3.05, 3.63) is 111 Å². The maximum absolute atomic E-state index is 14.0. The quantitative estimate of drug-likeness (QED) is 0.387. The number of rotatable bonds is 5. The van der Waals surface area contributed by atoms with Crippen LogP contribution < -0.4 is 11.1 Å². The number of aromatic nitrogens is 2. The second-order valence-electron chi connectivity index (χ2n) is 7.04. The number of hydrogen-bond donors (Lipinski definition) is 1. The number of H-pyrrole nitrogens is 1. The van der Waals surface area contributed by atoms with E-state index in [0.29, 0.717) is 27.6 Å². The first-order valence-electron chi connectivity index (χ1n) is 9.69. The number of ketones is 1.